The van der Waals surface area contributed by atoms with Crippen molar-refractivity contribution in [2.75, 3.05) is 4.90 Å². The van der Waals surface area contributed by atoms with Crippen LogP contribution in [-0.2, 0) is 11.2 Å². The predicted octanol–water partition coefficient (Wildman–Crippen LogP) is 6.36. The first-order valence-corrected chi connectivity index (χ1v) is 12.0. The van der Waals surface area contributed by atoms with E-state index in [9.17, 15) is 14.7 Å². The van der Waals surface area contributed by atoms with Crippen LogP contribution in [0.25, 0.3) is 10.2 Å². The molecule has 1 amide bonds. The van der Waals surface area contributed by atoms with E-state index in [1.807, 2.05) is 12.1 Å². The van der Waals surface area contributed by atoms with Crippen LogP contribution in [-0.4, -0.2) is 21.8 Å². The number of hydrogen-bond donors (Lipinski definition) is 1. The molecule has 0 radical (unpaired) electrons. The van der Waals surface area contributed by atoms with Crippen molar-refractivity contribution in [2.24, 2.45) is 0 Å². The molecule has 1 atom stereocenters. The first kappa shape index (κ1) is 20.9. The van der Waals surface area contributed by atoms with Gasteiger partial charge >= 0.3 is 0 Å². The molecule has 1 aliphatic rings. The zero-order chi connectivity index (χ0) is 22.4. The first-order valence-electron chi connectivity index (χ1n) is 9.97. The van der Waals surface area contributed by atoms with Gasteiger partial charge in [0.2, 0.25) is 5.78 Å². The number of thiophene rings is 1. The lowest BCUT2D eigenvalue weighted by atomic mass is 9.95. The molecule has 2 aromatic heterocycles. The summed E-state index contributed by atoms with van der Waals surface area (Å²) in [5.41, 5.74) is 2.59. The largest absolute Gasteiger partial charge is 0.503 e. The quantitative estimate of drug-likeness (QED) is 0.337. The lowest BCUT2D eigenvalue weighted by Gasteiger charge is -2.24. The number of rotatable bonds is 5. The van der Waals surface area contributed by atoms with Crippen LogP contribution in [0.15, 0.2) is 71.3 Å². The summed E-state index contributed by atoms with van der Waals surface area (Å²) in [7, 11) is 0. The molecule has 0 bridgehead atoms. The van der Waals surface area contributed by atoms with Gasteiger partial charge < -0.3 is 5.11 Å². The maximum Gasteiger partial charge on any atom is 0.296 e. The average molecular weight is 481 g/mol. The van der Waals surface area contributed by atoms with Gasteiger partial charge in [0.05, 0.1) is 26.7 Å². The molecule has 0 saturated heterocycles. The Morgan fingerprint density at radius 3 is 2.75 bits per heavy atom. The lowest BCUT2D eigenvalue weighted by molar-refractivity contribution is -0.117. The van der Waals surface area contributed by atoms with Gasteiger partial charge in [0.1, 0.15) is 0 Å². The van der Waals surface area contributed by atoms with E-state index >= 15 is 0 Å². The number of benzene rings is 2. The second-order valence-corrected chi connectivity index (χ2v) is 9.75. The zero-order valence-electron chi connectivity index (χ0n) is 16.9. The number of aryl methyl sites for hydroxylation is 1. The Kier molecular flexibility index (Phi) is 5.33. The highest BCUT2D eigenvalue weighted by Crippen LogP contribution is 2.44. The fraction of sp³-hybridized carbons (Fsp3) is 0.125. The summed E-state index contributed by atoms with van der Waals surface area (Å²) in [6, 6.07) is 15.6. The fourth-order valence-corrected chi connectivity index (χ4v) is 5.78. The summed E-state index contributed by atoms with van der Waals surface area (Å²) in [5.74, 6) is -1.58. The van der Waals surface area contributed by atoms with Crippen LogP contribution >= 0.6 is 34.3 Å². The lowest BCUT2D eigenvalue weighted by Crippen LogP contribution is -2.30. The fourth-order valence-electron chi connectivity index (χ4n) is 3.85. The third-order valence-electron chi connectivity index (χ3n) is 5.42. The molecule has 0 unspecified atom stereocenters. The van der Waals surface area contributed by atoms with Crippen molar-refractivity contribution in [1.29, 1.82) is 0 Å². The van der Waals surface area contributed by atoms with Gasteiger partial charge in [-0.05, 0) is 53.3 Å². The summed E-state index contributed by atoms with van der Waals surface area (Å²) in [6.45, 7) is 2.08. The van der Waals surface area contributed by atoms with Crippen LogP contribution in [0.4, 0.5) is 5.13 Å². The summed E-state index contributed by atoms with van der Waals surface area (Å²) >= 11 is 8.86. The molecule has 0 aliphatic carbocycles. The number of aromatic nitrogens is 1. The van der Waals surface area contributed by atoms with E-state index in [4.69, 9.17) is 11.6 Å². The van der Waals surface area contributed by atoms with Crippen molar-refractivity contribution in [3.63, 3.8) is 0 Å². The molecular formula is C24H17ClN2O3S2. The molecular weight excluding hydrogens is 464 g/mol. The average Bonchev–Trinajstić information content (AvgIpc) is 3.51. The molecule has 0 spiro atoms. The van der Waals surface area contributed by atoms with Crippen molar-refractivity contribution in [3.05, 3.63) is 92.3 Å². The topological polar surface area (TPSA) is 70.5 Å². The van der Waals surface area contributed by atoms with Crippen molar-refractivity contribution >= 4 is 61.3 Å². The minimum absolute atomic E-state index is 0.0354. The van der Waals surface area contributed by atoms with Gasteiger partial charge in [0.25, 0.3) is 5.91 Å². The summed E-state index contributed by atoms with van der Waals surface area (Å²) < 4.78 is 0.939. The number of amides is 1. The molecule has 32 heavy (non-hydrogen) atoms. The van der Waals surface area contributed by atoms with E-state index in [1.54, 1.807) is 41.8 Å². The zero-order valence-corrected chi connectivity index (χ0v) is 19.3. The van der Waals surface area contributed by atoms with E-state index in [2.05, 4.69) is 18.0 Å². The summed E-state index contributed by atoms with van der Waals surface area (Å²) in [5, 5.41) is 13.5. The molecule has 5 nitrogen and oxygen atoms in total. The highest BCUT2D eigenvalue weighted by atomic mass is 35.5. The molecule has 8 heteroatoms. The van der Waals surface area contributed by atoms with Crippen LogP contribution in [0.2, 0.25) is 5.02 Å². The number of halogens is 1. The van der Waals surface area contributed by atoms with Crippen molar-refractivity contribution in [2.45, 2.75) is 19.4 Å². The van der Waals surface area contributed by atoms with Crippen LogP contribution in [0, 0.1) is 0 Å². The highest BCUT2D eigenvalue weighted by Gasteiger charge is 2.46. The van der Waals surface area contributed by atoms with Gasteiger partial charge in [-0.2, -0.15) is 0 Å². The Balaban J connectivity index is 1.68. The maximum atomic E-state index is 13.3. The Labute approximate surface area is 197 Å². The molecule has 1 aliphatic heterocycles. The molecule has 0 saturated carbocycles. The van der Waals surface area contributed by atoms with Crippen LogP contribution in [0.1, 0.15) is 33.8 Å². The van der Waals surface area contributed by atoms with Crippen molar-refractivity contribution in [3.8, 4) is 0 Å². The Morgan fingerprint density at radius 2 is 2.03 bits per heavy atom. The number of carbonyl (C=O) groups excluding carboxylic acids is 2. The first-order chi connectivity index (χ1) is 15.5. The minimum atomic E-state index is -0.831. The SMILES string of the molecule is CCc1ccc2nc(N3C(=O)C(O)=C(C(=O)c4cccs4)[C@@H]3c3cccc(Cl)c3)sc2c1. The standard InChI is InChI=1S/C24H17ClN2O3S2/c1-2-13-8-9-16-18(11-13)32-24(26-16)27-20(14-5-3-6-15(25)12-14)19(22(29)23(27)30)21(28)17-7-4-10-31-17/h3-12,20,29H,2H2,1H3/t20-/m0/s1. The molecule has 0 fully saturated rings. The number of nitrogens with zero attached hydrogens (tertiary/aromatic N) is 2. The van der Waals surface area contributed by atoms with Crippen molar-refractivity contribution in [1.82, 2.24) is 4.98 Å². The van der Waals surface area contributed by atoms with Gasteiger partial charge in [-0.15, -0.1) is 11.3 Å². The van der Waals surface area contributed by atoms with Crippen LogP contribution in [0.5, 0.6) is 0 Å². The Morgan fingerprint density at radius 1 is 1.19 bits per heavy atom. The second-order valence-electron chi connectivity index (χ2n) is 7.35. The van der Waals surface area contributed by atoms with E-state index in [0.29, 0.717) is 20.6 Å². The normalized spacial score (nSPS) is 16.4. The number of carbonyl (C=O) groups is 2. The third-order valence-corrected chi connectivity index (χ3v) is 7.54. The van der Waals surface area contributed by atoms with Gasteiger partial charge in [0.15, 0.2) is 10.9 Å². The minimum Gasteiger partial charge on any atom is -0.503 e. The Bertz CT molecular complexity index is 1390. The summed E-state index contributed by atoms with van der Waals surface area (Å²) in [6.07, 6.45) is 0.888. The number of hydrogen-bond acceptors (Lipinski definition) is 6. The van der Waals surface area contributed by atoms with Crippen LogP contribution in [0.3, 0.4) is 0 Å². The molecule has 3 heterocycles. The molecule has 1 N–H and O–H groups in total. The van der Waals surface area contributed by atoms with E-state index < -0.39 is 17.7 Å². The number of fused-ring (bicyclic) bond motifs is 1. The number of ketones is 1. The van der Waals surface area contributed by atoms with Gasteiger partial charge in [-0.1, -0.05) is 54.1 Å². The number of thiazole rings is 1. The van der Waals surface area contributed by atoms with E-state index in [1.165, 1.54) is 33.1 Å². The number of anilines is 1. The summed E-state index contributed by atoms with van der Waals surface area (Å²) in [4.78, 5) is 33.1. The molecule has 160 valence electrons. The highest BCUT2D eigenvalue weighted by molar-refractivity contribution is 7.22. The molecule has 4 aromatic rings. The molecule has 5 rings (SSSR count). The maximum absolute atomic E-state index is 13.3. The number of aliphatic hydroxyl groups is 1. The smallest absolute Gasteiger partial charge is 0.296 e. The third kappa shape index (κ3) is 3.43. The van der Waals surface area contributed by atoms with Crippen LogP contribution < -0.4 is 4.90 Å². The monoisotopic (exact) mass is 480 g/mol. The van der Waals surface area contributed by atoms with Gasteiger partial charge in [-0.3, -0.25) is 14.5 Å². The predicted molar refractivity (Wildman–Crippen MR) is 129 cm³/mol. The van der Waals surface area contributed by atoms with Gasteiger partial charge in [-0.25, -0.2) is 4.98 Å². The van der Waals surface area contributed by atoms with Gasteiger partial charge in [0, 0.05) is 5.02 Å². The van der Waals surface area contributed by atoms with Crippen molar-refractivity contribution < 1.29 is 14.7 Å². The number of aliphatic hydroxyl groups excluding tert-OH is 1. The van der Waals surface area contributed by atoms with E-state index in [-0.39, 0.29) is 11.4 Å². The second kappa shape index (κ2) is 8.16. The number of Topliss-reactive ketones (excluding diaryl/α,β-unsaturated/α-hetero) is 1. The molecule has 2 aromatic carbocycles. The Hall–Kier alpha value is -3.00. The van der Waals surface area contributed by atoms with E-state index in [0.717, 1.165) is 16.6 Å².